The first-order valence-electron chi connectivity index (χ1n) is 15.7. The molecule has 6 amide bonds. The van der Waals surface area contributed by atoms with Crippen LogP contribution in [0.3, 0.4) is 0 Å². The molecule has 8 N–H and O–H groups in total. The minimum Gasteiger partial charge on any atom is -0.370 e. The molecule has 0 fully saturated rings. The molecule has 0 saturated heterocycles. The molecule has 0 aliphatic heterocycles. The maximum absolute atomic E-state index is 13.3. The molecule has 0 aliphatic rings. The summed E-state index contributed by atoms with van der Waals surface area (Å²) in [7, 11) is 0. The van der Waals surface area contributed by atoms with Crippen molar-refractivity contribution in [2.45, 2.75) is 64.1 Å². The first kappa shape index (κ1) is 36.9. The molecule has 1 unspecified atom stereocenters. The molecule has 3 aromatic rings. The zero-order valence-corrected chi connectivity index (χ0v) is 27.0. The van der Waals surface area contributed by atoms with Gasteiger partial charge in [0.05, 0.1) is 19.0 Å². The third-order valence-corrected chi connectivity index (χ3v) is 7.90. The maximum Gasteiger partial charge on any atom is 0.290 e. The molecule has 3 aromatic carbocycles. The molecule has 0 aliphatic carbocycles. The van der Waals surface area contributed by atoms with E-state index in [1.165, 1.54) is 0 Å². The van der Waals surface area contributed by atoms with Crippen LogP contribution in [0, 0.1) is 5.92 Å². The number of amides is 6. The molecule has 0 spiro atoms. The van der Waals surface area contributed by atoms with E-state index in [0.29, 0.717) is 12.0 Å². The van der Waals surface area contributed by atoms with Gasteiger partial charge in [-0.25, -0.2) is 0 Å². The molecule has 4 atom stereocenters. The van der Waals surface area contributed by atoms with E-state index >= 15 is 0 Å². The van der Waals surface area contributed by atoms with Crippen molar-refractivity contribution < 1.29 is 33.6 Å². The minimum absolute atomic E-state index is 0.0295. The summed E-state index contributed by atoms with van der Waals surface area (Å²) in [5.74, 6) is -6.15. The number of nitrogens with two attached hydrogens (primary N) is 2. The average Bonchev–Trinajstić information content (AvgIpc) is 3.07. The van der Waals surface area contributed by atoms with Crippen molar-refractivity contribution in [3.05, 3.63) is 83.9 Å². The largest absolute Gasteiger partial charge is 0.370 e. The standard InChI is InChI=1S/C35H42N6O7/c1-3-21(2)31(41-34(47)26(15-16-28(36)42)39-29(43)19-22-9-5-4-6-10-22)32(45)35(48)38-20-30(44)40-27(33(37)46)18-23-13-14-24-11-7-8-12-25(24)17-23/h4-14,17,21,26-27,31H,3,15-16,18-20H2,1-2H3,(H2,36,42)(H2,37,46)(H,38,48)(H,39,43)(H,40,44)(H,41,47)/t21-,26-,27-,31?/m0/s1. The first-order chi connectivity index (χ1) is 22.9. The molecule has 13 heteroatoms. The van der Waals surface area contributed by atoms with E-state index in [1.54, 1.807) is 44.2 Å². The number of ketones is 1. The van der Waals surface area contributed by atoms with Crippen molar-refractivity contribution in [2.75, 3.05) is 6.54 Å². The molecule has 0 heterocycles. The molecule has 0 saturated carbocycles. The molecule has 3 rings (SSSR count). The summed E-state index contributed by atoms with van der Waals surface area (Å²) in [4.78, 5) is 88.4. The number of carbonyl (C=O) groups excluding carboxylic acids is 7. The monoisotopic (exact) mass is 658 g/mol. The third-order valence-electron chi connectivity index (χ3n) is 7.90. The van der Waals surface area contributed by atoms with Gasteiger partial charge in [-0.3, -0.25) is 33.6 Å². The first-order valence-corrected chi connectivity index (χ1v) is 15.7. The van der Waals surface area contributed by atoms with Gasteiger partial charge in [0.2, 0.25) is 35.3 Å². The zero-order valence-electron chi connectivity index (χ0n) is 27.0. The van der Waals surface area contributed by atoms with E-state index in [4.69, 9.17) is 11.5 Å². The van der Waals surface area contributed by atoms with Crippen molar-refractivity contribution in [1.29, 1.82) is 0 Å². The van der Waals surface area contributed by atoms with Crippen molar-refractivity contribution in [2.24, 2.45) is 17.4 Å². The summed E-state index contributed by atoms with van der Waals surface area (Å²) in [5, 5.41) is 11.8. The van der Waals surface area contributed by atoms with E-state index in [9.17, 15) is 33.6 Å². The fraction of sp³-hybridized carbons (Fsp3) is 0.343. The van der Waals surface area contributed by atoms with Gasteiger partial charge >= 0.3 is 0 Å². The number of hydrogen-bond donors (Lipinski definition) is 6. The summed E-state index contributed by atoms with van der Waals surface area (Å²) in [5.41, 5.74) is 12.3. The Labute approximate surface area is 278 Å². The number of nitrogens with one attached hydrogen (secondary N) is 4. The Bertz CT molecular complexity index is 1640. The number of benzene rings is 3. The maximum atomic E-state index is 13.3. The lowest BCUT2D eigenvalue weighted by atomic mass is 9.94. The van der Waals surface area contributed by atoms with E-state index in [-0.39, 0.29) is 25.7 Å². The van der Waals surface area contributed by atoms with Crippen LogP contribution in [0.15, 0.2) is 72.8 Å². The van der Waals surface area contributed by atoms with Crippen LogP contribution >= 0.6 is 0 Å². The summed E-state index contributed by atoms with van der Waals surface area (Å²) in [6, 6.07) is 18.5. The zero-order chi connectivity index (χ0) is 35.2. The second kappa shape index (κ2) is 17.9. The van der Waals surface area contributed by atoms with E-state index in [1.807, 2.05) is 42.5 Å². The highest BCUT2D eigenvalue weighted by Crippen LogP contribution is 2.17. The van der Waals surface area contributed by atoms with Crippen LogP contribution in [-0.2, 0) is 46.4 Å². The molecule has 0 radical (unpaired) electrons. The van der Waals surface area contributed by atoms with Crippen LogP contribution < -0.4 is 32.7 Å². The van der Waals surface area contributed by atoms with Crippen molar-refractivity contribution in [1.82, 2.24) is 21.3 Å². The minimum atomic E-state index is -1.31. The Morgan fingerprint density at radius 1 is 0.729 bits per heavy atom. The third kappa shape index (κ3) is 11.3. The van der Waals surface area contributed by atoms with Crippen LogP contribution in [0.4, 0.5) is 0 Å². The summed E-state index contributed by atoms with van der Waals surface area (Å²) in [6.07, 6.45) is 0.133. The van der Waals surface area contributed by atoms with Gasteiger partial charge in [0.1, 0.15) is 12.1 Å². The Morgan fingerprint density at radius 2 is 1.38 bits per heavy atom. The summed E-state index contributed by atoms with van der Waals surface area (Å²) in [6.45, 7) is 2.78. The van der Waals surface area contributed by atoms with E-state index < -0.39 is 71.8 Å². The molecule has 0 bridgehead atoms. The fourth-order valence-electron chi connectivity index (χ4n) is 5.00. The Balaban J connectivity index is 1.61. The lowest BCUT2D eigenvalue weighted by molar-refractivity contribution is -0.142. The Morgan fingerprint density at radius 3 is 2.02 bits per heavy atom. The lowest BCUT2D eigenvalue weighted by Crippen LogP contribution is -2.56. The molecule has 48 heavy (non-hydrogen) atoms. The SMILES string of the molecule is CC[C@H](C)C(NC(=O)[C@H](CCC(N)=O)NC(=O)Cc1ccccc1)C(=O)C(=O)NCC(=O)N[C@@H](Cc1ccc2ccccc2c1)C(N)=O. The van der Waals surface area contributed by atoms with Crippen molar-refractivity contribution in [3.63, 3.8) is 0 Å². The van der Waals surface area contributed by atoms with Gasteiger partial charge in [0.15, 0.2) is 0 Å². The predicted molar refractivity (Wildman–Crippen MR) is 179 cm³/mol. The molecular weight excluding hydrogens is 616 g/mol. The number of hydrogen-bond acceptors (Lipinski definition) is 7. The van der Waals surface area contributed by atoms with Crippen LogP contribution in [0.25, 0.3) is 10.8 Å². The average molecular weight is 659 g/mol. The highest BCUT2D eigenvalue weighted by atomic mass is 16.2. The molecule has 13 nitrogen and oxygen atoms in total. The molecule has 254 valence electrons. The van der Waals surface area contributed by atoms with E-state index in [2.05, 4.69) is 21.3 Å². The van der Waals surface area contributed by atoms with Gasteiger partial charge in [-0.05, 0) is 34.2 Å². The van der Waals surface area contributed by atoms with Gasteiger partial charge in [-0.1, -0.05) is 93.1 Å². The van der Waals surface area contributed by atoms with Gasteiger partial charge in [-0.15, -0.1) is 0 Å². The highest BCUT2D eigenvalue weighted by Gasteiger charge is 2.33. The topological polar surface area (TPSA) is 220 Å². The summed E-state index contributed by atoms with van der Waals surface area (Å²) < 4.78 is 0. The second-order valence-electron chi connectivity index (χ2n) is 11.6. The Hall–Kier alpha value is -5.59. The van der Waals surface area contributed by atoms with Crippen LogP contribution in [0.5, 0.6) is 0 Å². The normalized spacial score (nSPS) is 13.3. The lowest BCUT2D eigenvalue weighted by Gasteiger charge is -2.26. The van der Waals surface area contributed by atoms with E-state index in [0.717, 1.165) is 16.3 Å². The van der Waals surface area contributed by atoms with Crippen LogP contribution in [0.1, 0.15) is 44.2 Å². The van der Waals surface area contributed by atoms with Gasteiger partial charge in [0.25, 0.3) is 5.91 Å². The second-order valence-corrected chi connectivity index (χ2v) is 11.6. The van der Waals surface area contributed by atoms with Crippen LogP contribution in [-0.4, -0.2) is 65.9 Å². The Kier molecular flexibility index (Phi) is 13.8. The van der Waals surface area contributed by atoms with Gasteiger partial charge in [0, 0.05) is 12.8 Å². The number of carbonyl (C=O) groups is 7. The number of rotatable bonds is 18. The predicted octanol–water partition coefficient (Wildman–Crippen LogP) is 0.562. The fourth-order valence-corrected chi connectivity index (χ4v) is 5.00. The number of primary amides is 2. The highest BCUT2D eigenvalue weighted by molar-refractivity contribution is 6.38. The quantitative estimate of drug-likeness (QED) is 0.107. The number of fused-ring (bicyclic) bond motifs is 1. The van der Waals surface area contributed by atoms with Gasteiger partial charge < -0.3 is 32.7 Å². The van der Waals surface area contributed by atoms with Gasteiger partial charge in [-0.2, -0.15) is 0 Å². The molecular formula is C35H42N6O7. The number of Topliss-reactive ketones (excluding diaryl/α,β-unsaturated/α-hetero) is 1. The van der Waals surface area contributed by atoms with Crippen molar-refractivity contribution in [3.8, 4) is 0 Å². The smallest absolute Gasteiger partial charge is 0.290 e. The van der Waals surface area contributed by atoms with Crippen molar-refractivity contribution >= 4 is 52.0 Å². The molecule has 0 aromatic heterocycles. The van der Waals surface area contributed by atoms with Crippen LogP contribution in [0.2, 0.25) is 0 Å². The summed E-state index contributed by atoms with van der Waals surface area (Å²) >= 11 is 0.